The molecule has 6 nitrogen and oxygen atoms in total. The first-order valence-corrected chi connectivity index (χ1v) is 9.10. The largest absolute Gasteiger partial charge is 0.494 e. The van der Waals surface area contributed by atoms with Crippen LogP contribution in [0.4, 0.5) is 0 Å². The van der Waals surface area contributed by atoms with Gasteiger partial charge in [-0.3, -0.25) is 9.59 Å². The topological polar surface area (TPSA) is 59.1 Å². The average Bonchev–Trinajstić information content (AvgIpc) is 3.20. The van der Waals surface area contributed by atoms with Crippen molar-refractivity contribution in [1.82, 2.24) is 9.80 Å². The lowest BCUT2D eigenvalue weighted by Gasteiger charge is -2.35. The molecule has 2 aliphatic rings. The van der Waals surface area contributed by atoms with E-state index in [4.69, 9.17) is 9.47 Å². The van der Waals surface area contributed by atoms with Crippen LogP contribution in [0.3, 0.4) is 0 Å². The lowest BCUT2D eigenvalue weighted by Crippen LogP contribution is -2.52. The van der Waals surface area contributed by atoms with Crippen LogP contribution in [-0.4, -0.2) is 67.1 Å². The minimum Gasteiger partial charge on any atom is -0.494 e. The summed E-state index contributed by atoms with van der Waals surface area (Å²) in [6.45, 7) is 3.64. The van der Waals surface area contributed by atoms with E-state index in [-0.39, 0.29) is 17.9 Å². The molecule has 25 heavy (non-hydrogen) atoms. The molecule has 0 unspecified atom stereocenters. The van der Waals surface area contributed by atoms with Gasteiger partial charge >= 0.3 is 0 Å². The van der Waals surface area contributed by atoms with Crippen molar-refractivity contribution in [3.8, 4) is 5.75 Å². The number of ether oxygens (including phenoxy) is 2. The third kappa shape index (κ3) is 4.95. The van der Waals surface area contributed by atoms with Crippen LogP contribution in [-0.2, 0) is 14.3 Å². The maximum atomic E-state index is 12.3. The van der Waals surface area contributed by atoms with Gasteiger partial charge in [-0.1, -0.05) is 18.2 Å². The average molecular weight is 346 g/mol. The van der Waals surface area contributed by atoms with E-state index in [1.807, 2.05) is 40.1 Å². The fraction of sp³-hybridized carbons (Fsp3) is 0.579. The van der Waals surface area contributed by atoms with Crippen LogP contribution in [0.5, 0.6) is 5.75 Å². The van der Waals surface area contributed by atoms with Crippen LogP contribution in [0.2, 0.25) is 0 Å². The van der Waals surface area contributed by atoms with Crippen LogP contribution in [0.15, 0.2) is 30.3 Å². The van der Waals surface area contributed by atoms with Gasteiger partial charge in [0.05, 0.1) is 6.61 Å². The molecule has 136 valence electrons. The minimum atomic E-state index is -0.266. The lowest BCUT2D eigenvalue weighted by atomic mass is 10.2. The summed E-state index contributed by atoms with van der Waals surface area (Å²) in [5.74, 6) is 1.05. The number of carbonyl (C=O) groups excluding carboxylic acids is 2. The van der Waals surface area contributed by atoms with Gasteiger partial charge in [0, 0.05) is 39.2 Å². The van der Waals surface area contributed by atoms with E-state index in [0.717, 1.165) is 18.6 Å². The molecule has 2 fully saturated rings. The summed E-state index contributed by atoms with van der Waals surface area (Å²) in [5.41, 5.74) is 0. The smallest absolute Gasteiger partial charge is 0.251 e. The van der Waals surface area contributed by atoms with Crippen molar-refractivity contribution in [2.24, 2.45) is 0 Å². The van der Waals surface area contributed by atoms with Gasteiger partial charge in [-0.25, -0.2) is 0 Å². The van der Waals surface area contributed by atoms with E-state index < -0.39 is 0 Å². The second-order valence-electron chi connectivity index (χ2n) is 6.47. The highest BCUT2D eigenvalue weighted by atomic mass is 16.5. The Labute approximate surface area is 148 Å². The Kier molecular flexibility index (Phi) is 6.28. The maximum Gasteiger partial charge on any atom is 0.251 e. The van der Waals surface area contributed by atoms with Gasteiger partial charge < -0.3 is 19.3 Å². The summed E-state index contributed by atoms with van der Waals surface area (Å²) in [6.07, 6.45) is 2.69. The summed E-state index contributed by atoms with van der Waals surface area (Å²) in [7, 11) is 0. The highest BCUT2D eigenvalue weighted by Gasteiger charge is 2.31. The monoisotopic (exact) mass is 346 g/mol. The Morgan fingerprint density at radius 3 is 2.48 bits per heavy atom. The Bertz CT molecular complexity index is 564. The molecule has 2 saturated heterocycles. The predicted octanol–water partition coefficient (Wildman–Crippen LogP) is 1.70. The van der Waals surface area contributed by atoms with Gasteiger partial charge in [-0.15, -0.1) is 0 Å². The second kappa shape index (κ2) is 8.85. The summed E-state index contributed by atoms with van der Waals surface area (Å²) < 4.78 is 11.1. The van der Waals surface area contributed by atoms with E-state index in [9.17, 15) is 9.59 Å². The van der Waals surface area contributed by atoms with Gasteiger partial charge in [-0.05, 0) is 31.4 Å². The summed E-state index contributed by atoms with van der Waals surface area (Å²) >= 11 is 0. The molecule has 3 rings (SSSR count). The van der Waals surface area contributed by atoms with Gasteiger partial charge in [0.25, 0.3) is 5.91 Å². The van der Waals surface area contributed by atoms with Crippen molar-refractivity contribution in [1.29, 1.82) is 0 Å². The maximum absolute atomic E-state index is 12.3. The number of piperazine rings is 1. The zero-order valence-electron chi connectivity index (χ0n) is 14.6. The Hall–Kier alpha value is -2.08. The number of rotatable bonds is 6. The molecule has 0 spiro atoms. The van der Waals surface area contributed by atoms with Gasteiger partial charge in [-0.2, -0.15) is 0 Å². The quantitative estimate of drug-likeness (QED) is 0.736. The number of benzene rings is 1. The molecule has 0 radical (unpaired) electrons. The fourth-order valence-corrected chi connectivity index (χ4v) is 3.24. The minimum absolute atomic E-state index is 0.0841. The predicted molar refractivity (Wildman–Crippen MR) is 93.3 cm³/mol. The third-order valence-corrected chi connectivity index (χ3v) is 4.70. The van der Waals surface area contributed by atoms with Crippen molar-refractivity contribution in [2.75, 3.05) is 39.4 Å². The van der Waals surface area contributed by atoms with Crippen molar-refractivity contribution in [3.05, 3.63) is 30.3 Å². The molecule has 0 N–H and O–H groups in total. The first kappa shape index (κ1) is 17.7. The molecule has 0 bridgehead atoms. The number of hydrogen-bond acceptors (Lipinski definition) is 4. The first-order chi connectivity index (χ1) is 12.2. The molecule has 1 aromatic carbocycles. The SMILES string of the molecule is O=C(CCCOc1ccccc1)N1CCN(C(=O)[C@@H]2CCCO2)CC1. The van der Waals surface area contributed by atoms with Crippen molar-refractivity contribution >= 4 is 11.8 Å². The van der Waals surface area contributed by atoms with Gasteiger partial charge in [0.15, 0.2) is 0 Å². The number of amides is 2. The third-order valence-electron chi connectivity index (χ3n) is 4.70. The van der Waals surface area contributed by atoms with Crippen LogP contribution in [0, 0.1) is 0 Å². The summed E-state index contributed by atoms with van der Waals surface area (Å²) in [6, 6.07) is 9.62. The number of para-hydroxylation sites is 1. The zero-order chi connectivity index (χ0) is 17.5. The Balaban J connectivity index is 1.33. The highest BCUT2D eigenvalue weighted by Crippen LogP contribution is 2.16. The molecule has 2 aliphatic heterocycles. The molecule has 1 atom stereocenters. The van der Waals surface area contributed by atoms with E-state index in [0.29, 0.717) is 52.2 Å². The molecule has 6 heteroatoms. The number of carbonyl (C=O) groups is 2. The normalized spacial score (nSPS) is 20.6. The lowest BCUT2D eigenvalue weighted by molar-refractivity contribution is -0.146. The highest BCUT2D eigenvalue weighted by molar-refractivity contribution is 5.82. The van der Waals surface area contributed by atoms with E-state index in [2.05, 4.69) is 0 Å². The van der Waals surface area contributed by atoms with Crippen molar-refractivity contribution < 1.29 is 19.1 Å². The number of hydrogen-bond donors (Lipinski definition) is 0. The van der Waals surface area contributed by atoms with Crippen LogP contribution in [0.25, 0.3) is 0 Å². The fourth-order valence-electron chi connectivity index (χ4n) is 3.24. The summed E-state index contributed by atoms with van der Waals surface area (Å²) in [5, 5.41) is 0. The molecule has 2 heterocycles. The standard InChI is InChI=1S/C19H26N2O4/c22-18(9-5-14-24-16-6-2-1-3-7-16)20-10-12-21(13-11-20)19(23)17-8-4-15-25-17/h1-3,6-7,17H,4-5,8-15H2/t17-/m0/s1. The van der Waals surface area contributed by atoms with Crippen molar-refractivity contribution in [2.45, 2.75) is 31.8 Å². The molecule has 2 amide bonds. The summed E-state index contributed by atoms with van der Waals surface area (Å²) in [4.78, 5) is 28.3. The van der Waals surface area contributed by atoms with Gasteiger partial charge in [0.2, 0.25) is 5.91 Å². The molecule has 1 aromatic rings. The van der Waals surface area contributed by atoms with E-state index in [1.54, 1.807) is 0 Å². The molecule has 0 aliphatic carbocycles. The molecular weight excluding hydrogens is 320 g/mol. The van der Waals surface area contributed by atoms with Crippen LogP contribution < -0.4 is 4.74 Å². The van der Waals surface area contributed by atoms with Crippen LogP contribution in [0.1, 0.15) is 25.7 Å². The molecule has 0 aromatic heterocycles. The zero-order valence-corrected chi connectivity index (χ0v) is 14.6. The Morgan fingerprint density at radius 1 is 1.08 bits per heavy atom. The first-order valence-electron chi connectivity index (χ1n) is 9.10. The van der Waals surface area contributed by atoms with Crippen LogP contribution >= 0.6 is 0 Å². The van der Waals surface area contributed by atoms with E-state index in [1.165, 1.54) is 0 Å². The van der Waals surface area contributed by atoms with E-state index >= 15 is 0 Å². The van der Waals surface area contributed by atoms with Gasteiger partial charge in [0.1, 0.15) is 11.9 Å². The van der Waals surface area contributed by atoms with Crippen molar-refractivity contribution in [3.63, 3.8) is 0 Å². The molecular formula is C19H26N2O4. The second-order valence-corrected chi connectivity index (χ2v) is 6.47. The number of nitrogens with zero attached hydrogens (tertiary/aromatic N) is 2. The molecule has 0 saturated carbocycles. The Morgan fingerprint density at radius 2 is 1.80 bits per heavy atom.